The van der Waals surface area contributed by atoms with E-state index in [-0.39, 0.29) is 0 Å². The van der Waals surface area contributed by atoms with E-state index in [9.17, 15) is 0 Å². The maximum Gasteiger partial charge on any atom is 0.105 e. The Balaban J connectivity index is 2.53. The van der Waals surface area contributed by atoms with Gasteiger partial charge in [-0.1, -0.05) is 6.92 Å². The van der Waals surface area contributed by atoms with E-state index in [2.05, 4.69) is 18.3 Å². The van der Waals surface area contributed by atoms with E-state index in [1.807, 2.05) is 6.92 Å². The second-order valence-corrected chi connectivity index (χ2v) is 4.07. The molecule has 0 fully saturated rings. The fourth-order valence-electron chi connectivity index (χ4n) is 1.87. The maximum atomic E-state index is 5.36. The molecule has 0 saturated heterocycles. The van der Waals surface area contributed by atoms with Crippen LogP contribution in [0.4, 0.5) is 0 Å². The highest BCUT2D eigenvalue weighted by atomic mass is 16.5. The number of hydrogen-bond donors (Lipinski definition) is 1. The average molecular weight is 225 g/mol. The van der Waals surface area contributed by atoms with Gasteiger partial charge in [0.2, 0.25) is 0 Å². The van der Waals surface area contributed by atoms with Gasteiger partial charge in [0.15, 0.2) is 0 Å². The summed E-state index contributed by atoms with van der Waals surface area (Å²) in [5, 5.41) is 3.56. The van der Waals surface area contributed by atoms with Gasteiger partial charge >= 0.3 is 0 Å². The third-order valence-corrected chi connectivity index (χ3v) is 2.76. The molecule has 0 aliphatic rings. The van der Waals surface area contributed by atoms with Crippen molar-refractivity contribution in [2.45, 2.75) is 39.2 Å². The summed E-state index contributed by atoms with van der Waals surface area (Å²) < 4.78 is 10.5. The van der Waals surface area contributed by atoms with Crippen molar-refractivity contribution in [3.05, 3.63) is 23.7 Å². The fourth-order valence-corrected chi connectivity index (χ4v) is 1.87. The predicted molar refractivity (Wildman–Crippen MR) is 65.6 cm³/mol. The molecule has 0 saturated carbocycles. The second kappa shape index (κ2) is 7.47. The molecule has 1 N–H and O–H groups in total. The molecule has 16 heavy (non-hydrogen) atoms. The second-order valence-electron chi connectivity index (χ2n) is 4.07. The van der Waals surface area contributed by atoms with E-state index in [1.165, 1.54) is 5.56 Å². The van der Waals surface area contributed by atoms with Crippen molar-refractivity contribution < 1.29 is 9.15 Å². The zero-order valence-corrected chi connectivity index (χ0v) is 10.6. The summed E-state index contributed by atoms with van der Waals surface area (Å²) in [5.74, 6) is 1.02. The smallest absolute Gasteiger partial charge is 0.105 e. The molecule has 0 bridgehead atoms. The number of nitrogens with one attached hydrogen (secondary N) is 1. The molecule has 0 amide bonds. The first-order valence-electron chi connectivity index (χ1n) is 6.06. The molecule has 92 valence electrons. The molecule has 1 atom stereocenters. The first-order chi connectivity index (χ1) is 7.79. The van der Waals surface area contributed by atoms with Gasteiger partial charge in [-0.25, -0.2) is 0 Å². The van der Waals surface area contributed by atoms with Crippen LogP contribution in [0.15, 0.2) is 16.7 Å². The molecular weight excluding hydrogens is 202 g/mol. The van der Waals surface area contributed by atoms with Crippen LogP contribution in [0.5, 0.6) is 0 Å². The minimum absolute atomic E-state index is 0.397. The molecule has 3 heteroatoms. The molecule has 1 heterocycles. The molecule has 3 nitrogen and oxygen atoms in total. The van der Waals surface area contributed by atoms with Crippen LogP contribution >= 0.6 is 0 Å². The van der Waals surface area contributed by atoms with Crippen molar-refractivity contribution in [1.29, 1.82) is 0 Å². The normalized spacial score (nSPS) is 12.9. The maximum absolute atomic E-state index is 5.36. The molecule has 1 aromatic rings. The Morgan fingerprint density at radius 3 is 2.88 bits per heavy atom. The van der Waals surface area contributed by atoms with Gasteiger partial charge in [-0.2, -0.15) is 0 Å². The molecule has 1 unspecified atom stereocenters. The predicted octanol–water partition coefficient (Wildman–Crippen LogP) is 3.06. The first-order valence-corrected chi connectivity index (χ1v) is 6.06. The van der Waals surface area contributed by atoms with Gasteiger partial charge < -0.3 is 14.5 Å². The first kappa shape index (κ1) is 13.3. The van der Waals surface area contributed by atoms with Crippen molar-refractivity contribution in [1.82, 2.24) is 5.32 Å². The number of aryl methyl sites for hydroxylation is 1. The Morgan fingerprint density at radius 2 is 2.31 bits per heavy atom. The lowest BCUT2D eigenvalue weighted by molar-refractivity contribution is 0.188. The Kier molecular flexibility index (Phi) is 6.19. The van der Waals surface area contributed by atoms with Crippen LogP contribution in [0.3, 0.4) is 0 Å². The molecule has 1 rings (SSSR count). The van der Waals surface area contributed by atoms with Crippen LogP contribution in [0.1, 0.15) is 43.6 Å². The molecule has 0 aliphatic carbocycles. The van der Waals surface area contributed by atoms with Crippen LogP contribution in [-0.2, 0) is 4.74 Å². The summed E-state index contributed by atoms with van der Waals surface area (Å²) in [5.41, 5.74) is 1.28. The van der Waals surface area contributed by atoms with E-state index in [0.717, 1.165) is 38.2 Å². The van der Waals surface area contributed by atoms with Gasteiger partial charge in [-0.05, 0) is 38.8 Å². The highest BCUT2D eigenvalue weighted by Gasteiger charge is 2.14. The van der Waals surface area contributed by atoms with Crippen LogP contribution < -0.4 is 5.32 Å². The summed E-state index contributed by atoms with van der Waals surface area (Å²) >= 11 is 0. The Bertz CT molecular complexity index is 283. The lowest BCUT2D eigenvalue weighted by atomic mass is 10.0. The molecule has 0 aliphatic heterocycles. The van der Waals surface area contributed by atoms with Crippen LogP contribution in [0.2, 0.25) is 0 Å². The summed E-state index contributed by atoms with van der Waals surface area (Å²) in [7, 11) is 1.75. The lowest BCUT2D eigenvalue weighted by Crippen LogP contribution is -2.22. The van der Waals surface area contributed by atoms with Gasteiger partial charge in [0.1, 0.15) is 5.76 Å². The van der Waals surface area contributed by atoms with Gasteiger partial charge in [0, 0.05) is 25.3 Å². The van der Waals surface area contributed by atoms with Crippen molar-refractivity contribution >= 4 is 0 Å². The summed E-state index contributed by atoms with van der Waals surface area (Å²) in [6.45, 7) is 6.07. The number of furan rings is 1. The van der Waals surface area contributed by atoms with Crippen molar-refractivity contribution in [3.8, 4) is 0 Å². The third kappa shape index (κ3) is 3.99. The highest BCUT2D eigenvalue weighted by molar-refractivity contribution is 5.20. The zero-order chi connectivity index (χ0) is 11.8. The Morgan fingerprint density at radius 1 is 1.50 bits per heavy atom. The topological polar surface area (TPSA) is 34.4 Å². The standard InChI is InChI=1S/C13H23NO2/c1-4-8-14-13(6-5-9-15-3)12-7-10-16-11(12)2/h7,10,13-14H,4-6,8-9H2,1-3H3. The van der Waals surface area contributed by atoms with Crippen molar-refractivity contribution in [2.24, 2.45) is 0 Å². The Labute approximate surface area is 98.2 Å². The molecule has 0 aromatic carbocycles. The van der Waals surface area contributed by atoms with Gasteiger partial charge in [-0.15, -0.1) is 0 Å². The summed E-state index contributed by atoms with van der Waals surface area (Å²) in [4.78, 5) is 0. The summed E-state index contributed by atoms with van der Waals surface area (Å²) in [6.07, 6.45) is 5.08. The van der Waals surface area contributed by atoms with Crippen molar-refractivity contribution in [2.75, 3.05) is 20.3 Å². The summed E-state index contributed by atoms with van der Waals surface area (Å²) in [6, 6.07) is 2.46. The van der Waals surface area contributed by atoms with E-state index in [0.29, 0.717) is 6.04 Å². The van der Waals surface area contributed by atoms with Crippen LogP contribution in [0, 0.1) is 6.92 Å². The van der Waals surface area contributed by atoms with Gasteiger partial charge in [0.25, 0.3) is 0 Å². The van der Waals surface area contributed by atoms with Crippen LogP contribution in [-0.4, -0.2) is 20.3 Å². The third-order valence-electron chi connectivity index (χ3n) is 2.76. The van der Waals surface area contributed by atoms with Crippen molar-refractivity contribution in [3.63, 3.8) is 0 Å². The average Bonchev–Trinajstić information content (AvgIpc) is 2.70. The molecule has 0 spiro atoms. The number of methoxy groups -OCH3 is 1. The quantitative estimate of drug-likeness (QED) is 0.690. The van der Waals surface area contributed by atoms with E-state index < -0.39 is 0 Å². The number of ether oxygens (including phenoxy) is 1. The Hall–Kier alpha value is -0.800. The number of hydrogen-bond acceptors (Lipinski definition) is 3. The van der Waals surface area contributed by atoms with Gasteiger partial charge in [0.05, 0.1) is 6.26 Å². The molecule has 0 radical (unpaired) electrons. The SMILES string of the molecule is CCCNC(CCCOC)c1ccoc1C. The zero-order valence-electron chi connectivity index (χ0n) is 10.6. The molecular formula is C13H23NO2. The lowest BCUT2D eigenvalue weighted by Gasteiger charge is -2.17. The monoisotopic (exact) mass is 225 g/mol. The largest absolute Gasteiger partial charge is 0.469 e. The number of rotatable bonds is 8. The molecule has 1 aromatic heterocycles. The van der Waals surface area contributed by atoms with Gasteiger partial charge in [-0.3, -0.25) is 0 Å². The van der Waals surface area contributed by atoms with E-state index in [1.54, 1.807) is 13.4 Å². The van der Waals surface area contributed by atoms with E-state index >= 15 is 0 Å². The van der Waals surface area contributed by atoms with E-state index in [4.69, 9.17) is 9.15 Å². The minimum Gasteiger partial charge on any atom is -0.469 e. The van der Waals surface area contributed by atoms with Crippen LogP contribution in [0.25, 0.3) is 0 Å². The fraction of sp³-hybridized carbons (Fsp3) is 0.692. The minimum atomic E-state index is 0.397. The highest BCUT2D eigenvalue weighted by Crippen LogP contribution is 2.22.